The average molecular weight is 218 g/mol. The van der Waals surface area contributed by atoms with E-state index in [1.54, 1.807) is 0 Å². The topological polar surface area (TPSA) is 37.3 Å². The lowest BCUT2D eigenvalue weighted by Crippen LogP contribution is -2.34. The van der Waals surface area contributed by atoms with Crippen LogP contribution in [0.25, 0.3) is 0 Å². The third-order valence-electron chi connectivity index (χ3n) is 3.88. The van der Waals surface area contributed by atoms with Crippen molar-refractivity contribution in [1.82, 2.24) is 0 Å². The van der Waals surface area contributed by atoms with Gasteiger partial charge in [0.25, 0.3) is 0 Å². The Morgan fingerprint density at radius 1 is 1.33 bits per heavy atom. The lowest BCUT2D eigenvalue weighted by molar-refractivity contribution is -0.148. The third-order valence-corrected chi connectivity index (χ3v) is 3.88. The van der Waals surface area contributed by atoms with Crippen LogP contribution in [0.15, 0.2) is 0 Å². The predicted octanol–water partition coefficient (Wildman–Crippen LogP) is 2.92. The molecule has 0 aliphatic heterocycles. The normalized spacial score (nSPS) is 38.7. The summed E-state index contributed by atoms with van der Waals surface area (Å²) in [6, 6.07) is 0. The van der Waals surface area contributed by atoms with Gasteiger partial charge in [0, 0.05) is 12.8 Å². The number of carboxylic acids is 1. The van der Waals surface area contributed by atoms with E-state index < -0.39 is 11.9 Å². The summed E-state index contributed by atoms with van der Waals surface area (Å²) in [7, 11) is 0. The van der Waals surface area contributed by atoms with Crippen molar-refractivity contribution < 1.29 is 18.7 Å². The van der Waals surface area contributed by atoms with E-state index >= 15 is 0 Å². The van der Waals surface area contributed by atoms with Gasteiger partial charge in [-0.2, -0.15) is 0 Å². The molecule has 0 heterocycles. The first kappa shape index (κ1) is 10.8. The van der Waals surface area contributed by atoms with Crippen LogP contribution >= 0.6 is 0 Å². The van der Waals surface area contributed by atoms with Gasteiger partial charge in [-0.3, -0.25) is 4.79 Å². The predicted molar refractivity (Wildman–Crippen MR) is 50.8 cm³/mol. The highest BCUT2D eigenvalue weighted by molar-refractivity contribution is 5.71. The van der Waals surface area contributed by atoms with Crippen molar-refractivity contribution in [3.63, 3.8) is 0 Å². The molecule has 0 aromatic carbocycles. The van der Waals surface area contributed by atoms with E-state index in [1.165, 1.54) is 0 Å². The fourth-order valence-corrected chi connectivity index (χ4v) is 2.85. The minimum atomic E-state index is -2.49. The maximum Gasteiger partial charge on any atom is 0.306 e. The maximum absolute atomic E-state index is 12.9. The summed E-state index contributed by atoms with van der Waals surface area (Å²) in [6.07, 6.45) is 2.84. The smallest absolute Gasteiger partial charge is 0.306 e. The molecule has 2 fully saturated rings. The molecule has 86 valence electrons. The molecule has 3 unspecified atom stereocenters. The number of hydrogen-bond acceptors (Lipinski definition) is 1. The molecular formula is C11H16F2O2. The summed E-state index contributed by atoms with van der Waals surface area (Å²) in [6.45, 7) is 0. The number of carboxylic acid groups (broad SMARTS) is 1. The standard InChI is InChI=1S/C11H16F2O2/c12-11(13)4-3-7(6-11)5-8-1-2-9(8)10(14)15/h7-9H,1-6H2,(H,14,15). The van der Waals surface area contributed by atoms with E-state index in [-0.39, 0.29) is 30.6 Å². The van der Waals surface area contributed by atoms with Crippen LogP contribution in [0.4, 0.5) is 8.78 Å². The molecule has 2 aliphatic rings. The highest BCUT2D eigenvalue weighted by Crippen LogP contribution is 2.46. The van der Waals surface area contributed by atoms with Crippen LogP contribution < -0.4 is 0 Å². The molecular weight excluding hydrogens is 202 g/mol. The summed E-state index contributed by atoms with van der Waals surface area (Å²) >= 11 is 0. The van der Waals surface area contributed by atoms with Gasteiger partial charge in [0.05, 0.1) is 5.92 Å². The Morgan fingerprint density at radius 2 is 2.07 bits per heavy atom. The van der Waals surface area contributed by atoms with Gasteiger partial charge in [-0.05, 0) is 37.5 Å². The molecule has 0 radical (unpaired) electrons. The van der Waals surface area contributed by atoms with Crippen LogP contribution in [0.5, 0.6) is 0 Å². The van der Waals surface area contributed by atoms with Crippen molar-refractivity contribution in [2.45, 2.75) is 44.4 Å². The molecule has 2 saturated carbocycles. The van der Waals surface area contributed by atoms with Gasteiger partial charge in [-0.1, -0.05) is 0 Å². The third kappa shape index (κ3) is 2.29. The molecule has 0 spiro atoms. The molecule has 0 amide bonds. The van der Waals surface area contributed by atoms with E-state index in [9.17, 15) is 13.6 Å². The minimum Gasteiger partial charge on any atom is -0.481 e. The quantitative estimate of drug-likeness (QED) is 0.790. The van der Waals surface area contributed by atoms with Gasteiger partial charge in [-0.15, -0.1) is 0 Å². The maximum atomic E-state index is 12.9. The lowest BCUT2D eigenvalue weighted by atomic mass is 9.69. The minimum absolute atomic E-state index is 0.0118. The van der Waals surface area contributed by atoms with Gasteiger partial charge in [0.1, 0.15) is 0 Å². The van der Waals surface area contributed by atoms with Crippen LogP contribution in [0.3, 0.4) is 0 Å². The molecule has 15 heavy (non-hydrogen) atoms. The number of aliphatic carboxylic acids is 1. The SMILES string of the molecule is O=C(O)C1CCC1CC1CCC(F)(F)C1. The first-order valence-corrected chi connectivity index (χ1v) is 5.58. The summed E-state index contributed by atoms with van der Waals surface area (Å²) in [5.41, 5.74) is 0. The van der Waals surface area contributed by atoms with Gasteiger partial charge in [0.15, 0.2) is 0 Å². The first-order chi connectivity index (χ1) is 6.98. The zero-order chi connectivity index (χ0) is 11.1. The zero-order valence-electron chi connectivity index (χ0n) is 8.59. The van der Waals surface area contributed by atoms with Crippen molar-refractivity contribution in [3.05, 3.63) is 0 Å². The van der Waals surface area contributed by atoms with Crippen molar-refractivity contribution in [2.75, 3.05) is 0 Å². The van der Waals surface area contributed by atoms with E-state index in [0.29, 0.717) is 12.8 Å². The van der Waals surface area contributed by atoms with Crippen LogP contribution in [0.2, 0.25) is 0 Å². The summed E-state index contributed by atoms with van der Waals surface area (Å²) in [5, 5.41) is 8.83. The Kier molecular flexibility index (Phi) is 2.69. The molecule has 3 atom stereocenters. The molecule has 2 rings (SSSR count). The molecule has 0 saturated heterocycles. The Labute approximate surface area is 87.7 Å². The van der Waals surface area contributed by atoms with E-state index in [1.807, 2.05) is 0 Å². The summed E-state index contributed by atoms with van der Waals surface area (Å²) in [5.74, 6) is -3.31. The van der Waals surface area contributed by atoms with Crippen LogP contribution in [-0.4, -0.2) is 17.0 Å². The highest BCUT2D eigenvalue weighted by Gasteiger charge is 2.43. The fraction of sp³-hybridized carbons (Fsp3) is 0.909. The number of hydrogen-bond donors (Lipinski definition) is 1. The van der Waals surface area contributed by atoms with Crippen LogP contribution in [0, 0.1) is 17.8 Å². The van der Waals surface area contributed by atoms with Gasteiger partial charge >= 0.3 is 5.97 Å². The molecule has 1 N–H and O–H groups in total. The van der Waals surface area contributed by atoms with Crippen molar-refractivity contribution in [2.24, 2.45) is 17.8 Å². The monoisotopic (exact) mass is 218 g/mol. The largest absolute Gasteiger partial charge is 0.481 e. The van der Waals surface area contributed by atoms with Crippen molar-refractivity contribution in [1.29, 1.82) is 0 Å². The molecule has 2 aliphatic carbocycles. The average Bonchev–Trinajstić information content (AvgIpc) is 2.38. The van der Waals surface area contributed by atoms with E-state index in [2.05, 4.69) is 0 Å². The molecule has 0 aromatic rings. The molecule has 0 bridgehead atoms. The van der Waals surface area contributed by atoms with Crippen molar-refractivity contribution >= 4 is 5.97 Å². The molecule has 4 heteroatoms. The van der Waals surface area contributed by atoms with E-state index in [4.69, 9.17) is 5.11 Å². The Morgan fingerprint density at radius 3 is 2.47 bits per heavy atom. The summed E-state index contributed by atoms with van der Waals surface area (Å²) < 4.78 is 25.8. The van der Waals surface area contributed by atoms with Gasteiger partial charge < -0.3 is 5.11 Å². The molecule has 0 aromatic heterocycles. The number of carbonyl (C=O) groups is 1. The van der Waals surface area contributed by atoms with Gasteiger partial charge in [0.2, 0.25) is 5.92 Å². The highest BCUT2D eigenvalue weighted by atomic mass is 19.3. The van der Waals surface area contributed by atoms with E-state index in [0.717, 1.165) is 12.8 Å². The molecule has 2 nitrogen and oxygen atoms in total. The second kappa shape index (κ2) is 3.72. The second-order valence-corrected chi connectivity index (χ2v) is 4.98. The van der Waals surface area contributed by atoms with Crippen LogP contribution in [-0.2, 0) is 4.79 Å². The Bertz CT molecular complexity index is 265. The van der Waals surface area contributed by atoms with Crippen LogP contribution in [0.1, 0.15) is 38.5 Å². The zero-order valence-corrected chi connectivity index (χ0v) is 8.59. The number of rotatable bonds is 3. The number of halogens is 2. The first-order valence-electron chi connectivity index (χ1n) is 5.58. The fourth-order valence-electron chi connectivity index (χ4n) is 2.85. The number of alkyl halides is 2. The summed E-state index contributed by atoms with van der Waals surface area (Å²) in [4.78, 5) is 10.7. The Balaban J connectivity index is 1.81. The van der Waals surface area contributed by atoms with Crippen molar-refractivity contribution in [3.8, 4) is 0 Å². The van der Waals surface area contributed by atoms with Gasteiger partial charge in [-0.25, -0.2) is 8.78 Å². The lowest BCUT2D eigenvalue weighted by Gasteiger charge is -2.35. The Hall–Kier alpha value is -0.670. The second-order valence-electron chi connectivity index (χ2n) is 4.98.